The molecule has 3 aromatic heterocycles. The van der Waals surface area contributed by atoms with Gasteiger partial charge in [0.05, 0.1) is 16.1 Å². The first kappa shape index (κ1) is 27.3. The summed E-state index contributed by atoms with van der Waals surface area (Å²) in [6.45, 7) is 5.52. The Bertz CT molecular complexity index is 1520. The van der Waals surface area contributed by atoms with Crippen LogP contribution in [0.5, 0.6) is 5.75 Å². The molecular formula is C28H28ClN5O3S. The summed E-state index contributed by atoms with van der Waals surface area (Å²) in [4.78, 5) is 23.3. The van der Waals surface area contributed by atoms with E-state index >= 15 is 0 Å². The van der Waals surface area contributed by atoms with Gasteiger partial charge in [-0.2, -0.15) is 0 Å². The Balaban J connectivity index is 0.000000786. The lowest BCUT2D eigenvalue weighted by Crippen LogP contribution is -2.15. The molecule has 0 atom stereocenters. The molecule has 196 valence electrons. The predicted octanol–water partition coefficient (Wildman–Crippen LogP) is 6.46. The number of pyridine rings is 1. The van der Waals surface area contributed by atoms with Gasteiger partial charge in [-0.25, -0.2) is 9.97 Å². The molecule has 5 aromatic rings. The Morgan fingerprint density at radius 3 is 2.68 bits per heavy atom. The number of hydrogen-bond donors (Lipinski definition) is 3. The molecule has 0 unspecified atom stereocenters. The first-order valence-electron chi connectivity index (χ1n) is 12.1. The van der Waals surface area contributed by atoms with E-state index in [0.717, 1.165) is 59.2 Å². The van der Waals surface area contributed by atoms with Gasteiger partial charge >= 0.3 is 0 Å². The van der Waals surface area contributed by atoms with E-state index in [1.165, 1.54) is 10.3 Å². The zero-order valence-electron chi connectivity index (χ0n) is 21.1. The first-order valence-corrected chi connectivity index (χ1v) is 13.3. The molecule has 0 aliphatic rings. The van der Waals surface area contributed by atoms with E-state index < -0.39 is 5.97 Å². The standard InChI is InChI=1S/C26H24ClN5OS.C2H4O2/c1-2-28-12-10-17-6-8-20-23(13-17)34-26-24(20)25(30-16-31-26)32-18-7-9-22(21(27)14-18)33-15-19-5-3-4-11-29-19;1-2(3)4/h3-9,11,13-14,16,28H,2,10,12,15H2,1H3,(H,30,31,32);1H3,(H,3,4). The largest absolute Gasteiger partial charge is 0.486 e. The van der Waals surface area contributed by atoms with Crippen LogP contribution in [0.2, 0.25) is 5.02 Å². The van der Waals surface area contributed by atoms with Crippen molar-refractivity contribution in [3.8, 4) is 5.75 Å². The Morgan fingerprint density at radius 2 is 1.95 bits per heavy atom. The van der Waals surface area contributed by atoms with Crippen LogP contribution >= 0.6 is 22.9 Å². The summed E-state index contributed by atoms with van der Waals surface area (Å²) < 4.78 is 7.05. The highest BCUT2D eigenvalue weighted by molar-refractivity contribution is 7.25. The van der Waals surface area contributed by atoms with Crippen LogP contribution in [0, 0.1) is 0 Å². The number of aliphatic carboxylic acids is 1. The maximum atomic E-state index is 9.00. The fraction of sp³-hybridized carbons (Fsp3) is 0.214. The highest BCUT2D eigenvalue weighted by atomic mass is 35.5. The molecule has 0 saturated carbocycles. The van der Waals surface area contributed by atoms with Crippen LogP contribution in [-0.4, -0.2) is 39.1 Å². The van der Waals surface area contributed by atoms with Gasteiger partial charge in [-0.05, 0) is 61.5 Å². The third-order valence-corrected chi connectivity index (χ3v) is 6.83. The number of fused-ring (bicyclic) bond motifs is 3. The molecule has 0 spiro atoms. The highest BCUT2D eigenvalue weighted by Gasteiger charge is 2.13. The Hall–Kier alpha value is -3.79. The van der Waals surface area contributed by atoms with E-state index in [4.69, 9.17) is 26.2 Å². The molecular weight excluding hydrogens is 522 g/mol. The fourth-order valence-electron chi connectivity index (χ4n) is 3.78. The number of aromatic nitrogens is 3. The summed E-state index contributed by atoms with van der Waals surface area (Å²) in [5.41, 5.74) is 2.99. The first-order chi connectivity index (χ1) is 18.4. The second kappa shape index (κ2) is 13.1. The molecule has 5 rings (SSSR count). The Kier molecular flexibility index (Phi) is 9.42. The molecule has 2 aromatic carbocycles. The number of anilines is 2. The average Bonchev–Trinajstić information content (AvgIpc) is 3.27. The third-order valence-electron chi connectivity index (χ3n) is 5.47. The number of benzene rings is 2. The second-order valence-corrected chi connectivity index (χ2v) is 9.78. The summed E-state index contributed by atoms with van der Waals surface area (Å²) in [5, 5.41) is 16.9. The van der Waals surface area contributed by atoms with E-state index in [-0.39, 0.29) is 0 Å². The summed E-state index contributed by atoms with van der Waals surface area (Å²) in [7, 11) is 0. The normalized spacial score (nSPS) is 10.7. The number of thiophene rings is 1. The number of hydrogen-bond acceptors (Lipinski definition) is 8. The van der Waals surface area contributed by atoms with Crippen molar-refractivity contribution in [3.05, 3.63) is 83.4 Å². The number of ether oxygens (including phenoxy) is 1. The molecule has 0 aliphatic carbocycles. The van der Waals surface area contributed by atoms with Crippen molar-refractivity contribution < 1.29 is 14.6 Å². The Labute approximate surface area is 229 Å². The van der Waals surface area contributed by atoms with Gasteiger partial charge in [0.15, 0.2) is 0 Å². The number of carboxylic acid groups (broad SMARTS) is 1. The SMILES string of the molecule is CC(=O)O.CCNCCc1ccc2c(c1)sc1ncnc(Nc3ccc(OCc4ccccn4)c(Cl)c3)c12. The molecule has 3 N–H and O–H groups in total. The van der Waals surface area contributed by atoms with Crippen LogP contribution in [-0.2, 0) is 17.8 Å². The van der Waals surface area contributed by atoms with Gasteiger partial charge in [-0.3, -0.25) is 9.78 Å². The molecule has 0 fully saturated rings. The van der Waals surface area contributed by atoms with Crippen molar-refractivity contribution in [1.29, 1.82) is 0 Å². The quantitative estimate of drug-likeness (QED) is 0.180. The van der Waals surface area contributed by atoms with Crippen molar-refractivity contribution in [2.24, 2.45) is 0 Å². The summed E-state index contributed by atoms with van der Waals surface area (Å²) in [6, 6.07) is 18.0. The number of carbonyl (C=O) groups is 1. The topological polar surface area (TPSA) is 109 Å². The van der Waals surface area contributed by atoms with Gasteiger partial charge in [0.1, 0.15) is 29.3 Å². The highest BCUT2D eigenvalue weighted by Crippen LogP contribution is 2.38. The zero-order valence-corrected chi connectivity index (χ0v) is 22.6. The molecule has 0 aliphatic heterocycles. The molecule has 10 heteroatoms. The van der Waals surface area contributed by atoms with E-state index in [0.29, 0.717) is 17.4 Å². The minimum Gasteiger partial charge on any atom is -0.486 e. The lowest BCUT2D eigenvalue weighted by Gasteiger charge is -2.11. The lowest BCUT2D eigenvalue weighted by molar-refractivity contribution is -0.134. The van der Waals surface area contributed by atoms with E-state index in [9.17, 15) is 0 Å². The fourth-order valence-corrected chi connectivity index (χ4v) is 5.12. The van der Waals surface area contributed by atoms with Crippen LogP contribution in [0.4, 0.5) is 11.5 Å². The third kappa shape index (κ3) is 7.16. The van der Waals surface area contributed by atoms with Crippen molar-refractivity contribution in [1.82, 2.24) is 20.3 Å². The molecule has 38 heavy (non-hydrogen) atoms. The van der Waals surface area contributed by atoms with E-state index in [2.05, 4.69) is 50.7 Å². The van der Waals surface area contributed by atoms with Crippen LogP contribution < -0.4 is 15.4 Å². The van der Waals surface area contributed by atoms with Crippen molar-refractivity contribution in [2.45, 2.75) is 26.9 Å². The van der Waals surface area contributed by atoms with E-state index in [1.807, 2.05) is 36.4 Å². The summed E-state index contributed by atoms with van der Waals surface area (Å²) in [5.74, 6) is 0.534. The minimum absolute atomic E-state index is 0.358. The van der Waals surface area contributed by atoms with Gasteiger partial charge in [-0.1, -0.05) is 36.7 Å². The minimum atomic E-state index is -0.833. The molecule has 0 amide bonds. The average molecular weight is 550 g/mol. The second-order valence-electron chi connectivity index (χ2n) is 8.34. The van der Waals surface area contributed by atoms with Gasteiger partial charge in [0.2, 0.25) is 0 Å². The van der Waals surface area contributed by atoms with Gasteiger partial charge in [0.25, 0.3) is 5.97 Å². The molecule has 0 bridgehead atoms. The maximum Gasteiger partial charge on any atom is 0.300 e. The number of nitrogens with one attached hydrogen (secondary N) is 2. The molecule has 3 heterocycles. The van der Waals surface area contributed by atoms with Crippen LogP contribution in [0.15, 0.2) is 67.1 Å². The summed E-state index contributed by atoms with van der Waals surface area (Å²) >= 11 is 8.19. The maximum absolute atomic E-state index is 9.00. The van der Waals surface area contributed by atoms with Gasteiger partial charge < -0.3 is 20.5 Å². The van der Waals surface area contributed by atoms with Gasteiger partial charge in [0, 0.05) is 28.9 Å². The Morgan fingerprint density at radius 1 is 1.11 bits per heavy atom. The van der Waals surface area contributed by atoms with Crippen LogP contribution in [0.1, 0.15) is 25.1 Å². The number of halogens is 1. The zero-order chi connectivity index (χ0) is 26.9. The van der Waals surface area contributed by atoms with Crippen molar-refractivity contribution >= 4 is 60.7 Å². The molecule has 0 saturated heterocycles. The van der Waals surface area contributed by atoms with E-state index in [1.54, 1.807) is 23.9 Å². The van der Waals surface area contributed by atoms with Gasteiger partial charge in [-0.15, -0.1) is 11.3 Å². The number of carboxylic acids is 1. The smallest absolute Gasteiger partial charge is 0.300 e. The number of rotatable bonds is 9. The predicted molar refractivity (Wildman–Crippen MR) is 154 cm³/mol. The molecule has 0 radical (unpaired) electrons. The summed E-state index contributed by atoms with van der Waals surface area (Å²) in [6.07, 6.45) is 4.34. The molecule has 8 nitrogen and oxygen atoms in total. The lowest BCUT2D eigenvalue weighted by atomic mass is 10.1. The van der Waals surface area contributed by atoms with Crippen LogP contribution in [0.25, 0.3) is 20.3 Å². The number of likely N-dealkylation sites (N-methyl/N-ethyl adjacent to an activating group) is 1. The van der Waals surface area contributed by atoms with Crippen molar-refractivity contribution in [3.63, 3.8) is 0 Å². The monoisotopic (exact) mass is 549 g/mol. The number of nitrogens with zero attached hydrogens (tertiary/aromatic N) is 3. The van der Waals surface area contributed by atoms with Crippen LogP contribution in [0.3, 0.4) is 0 Å². The van der Waals surface area contributed by atoms with Crippen molar-refractivity contribution in [2.75, 3.05) is 18.4 Å².